The molecule has 1 aromatic rings. The first-order valence-corrected chi connectivity index (χ1v) is 12.0. The highest BCUT2D eigenvalue weighted by atomic mass is 16.5. The number of hydrogen-bond acceptors (Lipinski definition) is 4. The highest BCUT2D eigenvalue weighted by molar-refractivity contribution is 6.06. The Bertz CT molecular complexity index is 658. The topological polar surface area (TPSA) is 49.8 Å². The van der Waals surface area contributed by atoms with Crippen LogP contribution in [0.3, 0.4) is 0 Å². The van der Waals surface area contributed by atoms with E-state index in [2.05, 4.69) is 11.8 Å². The number of benzene rings is 1. The first-order chi connectivity index (χ1) is 14.2. The van der Waals surface area contributed by atoms with E-state index in [4.69, 9.17) is 4.74 Å². The fourth-order valence-electron chi connectivity index (χ4n) is 4.81. The van der Waals surface area contributed by atoms with Gasteiger partial charge in [0, 0.05) is 31.1 Å². The Balaban J connectivity index is 1.41. The van der Waals surface area contributed by atoms with E-state index < -0.39 is 0 Å². The van der Waals surface area contributed by atoms with Crippen LogP contribution in [0.1, 0.15) is 107 Å². The predicted molar refractivity (Wildman–Crippen MR) is 119 cm³/mol. The first kappa shape index (κ1) is 22.0. The summed E-state index contributed by atoms with van der Waals surface area (Å²) in [6.45, 7) is 3.90. The maximum Gasteiger partial charge on any atom is 0.170 e. The number of unbranched alkanes of at least 4 members (excludes halogenated alkanes) is 9. The van der Waals surface area contributed by atoms with Crippen molar-refractivity contribution in [2.24, 2.45) is 0 Å². The van der Waals surface area contributed by atoms with Gasteiger partial charge in [-0.25, -0.2) is 0 Å². The number of ether oxygens (including phenoxy) is 1. The van der Waals surface area contributed by atoms with E-state index in [1.807, 2.05) is 6.07 Å². The lowest BCUT2D eigenvalue weighted by atomic mass is 9.88. The molecule has 0 amide bonds. The van der Waals surface area contributed by atoms with E-state index in [9.17, 15) is 9.90 Å². The van der Waals surface area contributed by atoms with Crippen molar-refractivity contribution in [3.63, 3.8) is 0 Å². The number of rotatable bonds is 12. The molecule has 2 heterocycles. The molecule has 162 valence electrons. The van der Waals surface area contributed by atoms with Gasteiger partial charge in [0.2, 0.25) is 0 Å². The number of fused-ring (bicyclic) bond motifs is 3. The van der Waals surface area contributed by atoms with Crippen molar-refractivity contribution < 1.29 is 14.6 Å². The smallest absolute Gasteiger partial charge is 0.170 e. The summed E-state index contributed by atoms with van der Waals surface area (Å²) in [5.74, 6) is 0.840. The molecule has 0 bridgehead atoms. The number of aromatic hydroxyl groups is 1. The minimum atomic E-state index is 0.0712. The van der Waals surface area contributed by atoms with Gasteiger partial charge in [0.25, 0.3) is 0 Å². The van der Waals surface area contributed by atoms with Gasteiger partial charge in [0.05, 0.1) is 17.9 Å². The standard InChI is InChI=1S/C25H39NO3/c1-2-3-4-5-6-7-8-9-10-13-16-29-21-18-22-25(24(28)19-21)23(27)17-20-14-11-12-15-26(20)22/h18-20,28H,2-17H2,1H3. The lowest BCUT2D eigenvalue weighted by Crippen LogP contribution is -2.44. The van der Waals surface area contributed by atoms with Gasteiger partial charge in [0.1, 0.15) is 11.5 Å². The number of carbonyl (C=O) groups is 1. The zero-order chi connectivity index (χ0) is 20.5. The van der Waals surface area contributed by atoms with Crippen LogP contribution in [0.15, 0.2) is 12.1 Å². The molecule has 1 atom stereocenters. The zero-order valence-electron chi connectivity index (χ0n) is 18.3. The van der Waals surface area contributed by atoms with Crippen molar-refractivity contribution in [1.82, 2.24) is 0 Å². The van der Waals surface area contributed by atoms with Crippen LogP contribution < -0.4 is 9.64 Å². The monoisotopic (exact) mass is 401 g/mol. The van der Waals surface area contributed by atoms with Crippen LogP contribution in [0.5, 0.6) is 11.5 Å². The van der Waals surface area contributed by atoms with Crippen molar-refractivity contribution in [3.8, 4) is 11.5 Å². The Morgan fingerprint density at radius 1 is 1.00 bits per heavy atom. The maximum atomic E-state index is 12.5. The van der Waals surface area contributed by atoms with Gasteiger partial charge in [-0.1, -0.05) is 64.7 Å². The van der Waals surface area contributed by atoms with Crippen LogP contribution in [0.25, 0.3) is 0 Å². The molecule has 0 aliphatic carbocycles. The number of piperidine rings is 1. The molecule has 2 aliphatic rings. The third kappa shape index (κ3) is 6.13. The first-order valence-electron chi connectivity index (χ1n) is 12.0. The summed E-state index contributed by atoms with van der Waals surface area (Å²) in [5, 5.41) is 10.4. The molecule has 0 saturated carbocycles. The van der Waals surface area contributed by atoms with E-state index in [0.29, 0.717) is 30.4 Å². The minimum Gasteiger partial charge on any atom is -0.507 e. The number of Topliss-reactive ketones (excluding diaryl/α,β-unsaturated/α-hetero) is 1. The van der Waals surface area contributed by atoms with E-state index in [1.165, 1.54) is 64.2 Å². The number of phenolic OH excluding ortho intramolecular Hbond substituents is 1. The predicted octanol–water partition coefficient (Wildman–Crippen LogP) is 6.64. The molecular weight excluding hydrogens is 362 g/mol. The Hall–Kier alpha value is -1.71. The van der Waals surface area contributed by atoms with Crippen molar-refractivity contribution in [2.45, 2.75) is 103 Å². The van der Waals surface area contributed by atoms with Gasteiger partial charge >= 0.3 is 0 Å². The molecule has 2 aliphatic heterocycles. The fraction of sp³-hybridized carbons (Fsp3) is 0.720. The van der Waals surface area contributed by atoms with E-state index in [0.717, 1.165) is 31.5 Å². The molecular formula is C25H39NO3. The number of ketones is 1. The lowest BCUT2D eigenvalue weighted by molar-refractivity contribution is 0.0958. The van der Waals surface area contributed by atoms with Gasteiger partial charge in [-0.15, -0.1) is 0 Å². The molecule has 1 N–H and O–H groups in total. The quantitative estimate of drug-likeness (QED) is 0.399. The maximum absolute atomic E-state index is 12.5. The van der Waals surface area contributed by atoms with Crippen LogP contribution in [-0.2, 0) is 0 Å². The minimum absolute atomic E-state index is 0.0712. The normalized spacial score (nSPS) is 18.4. The van der Waals surface area contributed by atoms with Crippen LogP contribution in [0.4, 0.5) is 5.69 Å². The molecule has 0 aromatic heterocycles. The van der Waals surface area contributed by atoms with Crippen molar-refractivity contribution >= 4 is 11.5 Å². The Morgan fingerprint density at radius 2 is 1.69 bits per heavy atom. The molecule has 29 heavy (non-hydrogen) atoms. The average Bonchev–Trinajstić information content (AvgIpc) is 2.72. The molecule has 0 radical (unpaired) electrons. The van der Waals surface area contributed by atoms with E-state index >= 15 is 0 Å². The van der Waals surface area contributed by atoms with Crippen LogP contribution in [0.2, 0.25) is 0 Å². The summed E-state index contributed by atoms with van der Waals surface area (Å²) in [7, 11) is 0. The summed E-state index contributed by atoms with van der Waals surface area (Å²) in [5.41, 5.74) is 1.37. The summed E-state index contributed by atoms with van der Waals surface area (Å²) in [4.78, 5) is 14.8. The van der Waals surface area contributed by atoms with Gasteiger partial charge < -0.3 is 14.7 Å². The van der Waals surface area contributed by atoms with Crippen molar-refractivity contribution in [1.29, 1.82) is 0 Å². The second kappa shape index (κ2) is 11.5. The van der Waals surface area contributed by atoms with E-state index in [1.54, 1.807) is 6.07 Å². The lowest BCUT2D eigenvalue weighted by Gasteiger charge is -2.41. The SMILES string of the molecule is CCCCCCCCCCCCOc1cc(O)c2c(c1)N1CCCCC1CC2=O. The Kier molecular flexibility index (Phi) is 8.69. The van der Waals surface area contributed by atoms with Crippen LogP contribution in [0, 0.1) is 0 Å². The third-order valence-electron chi connectivity index (χ3n) is 6.47. The molecule has 3 rings (SSSR count). The van der Waals surface area contributed by atoms with E-state index in [-0.39, 0.29) is 11.5 Å². The molecule has 4 nitrogen and oxygen atoms in total. The van der Waals surface area contributed by atoms with Gasteiger partial charge in [-0.3, -0.25) is 4.79 Å². The number of nitrogens with zero attached hydrogens (tertiary/aromatic N) is 1. The number of anilines is 1. The largest absolute Gasteiger partial charge is 0.507 e. The number of carbonyl (C=O) groups excluding carboxylic acids is 1. The van der Waals surface area contributed by atoms with Crippen LogP contribution in [-0.4, -0.2) is 30.1 Å². The highest BCUT2D eigenvalue weighted by Crippen LogP contribution is 2.42. The summed E-state index contributed by atoms with van der Waals surface area (Å²) >= 11 is 0. The van der Waals surface area contributed by atoms with Crippen molar-refractivity contribution in [3.05, 3.63) is 17.7 Å². The second-order valence-electron chi connectivity index (χ2n) is 8.84. The fourth-order valence-corrected chi connectivity index (χ4v) is 4.81. The Morgan fingerprint density at radius 3 is 2.41 bits per heavy atom. The molecule has 0 spiro atoms. The second-order valence-corrected chi connectivity index (χ2v) is 8.84. The zero-order valence-corrected chi connectivity index (χ0v) is 18.3. The molecule has 1 saturated heterocycles. The highest BCUT2D eigenvalue weighted by Gasteiger charge is 2.35. The number of hydrogen-bond donors (Lipinski definition) is 1. The third-order valence-corrected chi connectivity index (χ3v) is 6.47. The molecule has 1 fully saturated rings. The molecule has 1 aromatic carbocycles. The van der Waals surface area contributed by atoms with Crippen molar-refractivity contribution in [2.75, 3.05) is 18.1 Å². The summed E-state index contributed by atoms with van der Waals surface area (Å²) in [6.07, 6.45) is 17.0. The molecule has 1 unspecified atom stereocenters. The Labute approximate surface area is 176 Å². The van der Waals surface area contributed by atoms with Gasteiger partial charge in [0.15, 0.2) is 5.78 Å². The average molecular weight is 402 g/mol. The van der Waals surface area contributed by atoms with Gasteiger partial charge in [-0.05, 0) is 25.7 Å². The summed E-state index contributed by atoms with van der Waals surface area (Å²) < 4.78 is 5.94. The molecule has 4 heteroatoms. The summed E-state index contributed by atoms with van der Waals surface area (Å²) in [6, 6.07) is 3.89. The van der Waals surface area contributed by atoms with Crippen LogP contribution >= 0.6 is 0 Å². The van der Waals surface area contributed by atoms with Gasteiger partial charge in [-0.2, -0.15) is 0 Å². The number of phenols is 1.